The minimum Gasteiger partial charge on any atom is -0.469 e. The van der Waals surface area contributed by atoms with Crippen LogP contribution in [0.4, 0.5) is 5.69 Å². The number of carbonyl (C=O) groups is 2. The Kier molecular flexibility index (Phi) is 6.02. The topological polar surface area (TPSA) is 67.4 Å². The van der Waals surface area contributed by atoms with Crippen molar-refractivity contribution in [2.45, 2.75) is 51.6 Å². The maximum Gasteiger partial charge on any atom is 0.307 e. The number of anilines is 1. The molecular formula is C23H28N2O3. The number of para-hydroxylation sites is 1. The summed E-state index contributed by atoms with van der Waals surface area (Å²) in [6, 6.07) is 13.4. The largest absolute Gasteiger partial charge is 0.469 e. The average molecular weight is 380 g/mol. The van der Waals surface area contributed by atoms with E-state index in [0.29, 0.717) is 12.3 Å². The van der Waals surface area contributed by atoms with Crippen molar-refractivity contribution in [3.05, 3.63) is 64.7 Å². The number of esters is 1. The number of nitrogens with one attached hydrogen (secondary N) is 2. The van der Waals surface area contributed by atoms with Crippen LogP contribution in [0.15, 0.2) is 42.5 Å². The molecule has 1 heterocycles. The molecule has 2 unspecified atom stereocenters. The fourth-order valence-electron chi connectivity index (χ4n) is 3.60. The molecule has 2 N–H and O–H groups in total. The van der Waals surface area contributed by atoms with E-state index in [-0.39, 0.29) is 24.3 Å². The van der Waals surface area contributed by atoms with Crippen molar-refractivity contribution < 1.29 is 14.3 Å². The van der Waals surface area contributed by atoms with Crippen LogP contribution in [-0.4, -0.2) is 25.0 Å². The first-order valence-corrected chi connectivity index (χ1v) is 9.71. The van der Waals surface area contributed by atoms with E-state index in [1.54, 1.807) is 0 Å². The first kappa shape index (κ1) is 19.9. The number of rotatable bonds is 6. The van der Waals surface area contributed by atoms with E-state index in [4.69, 9.17) is 4.74 Å². The maximum atomic E-state index is 12.9. The molecule has 1 aliphatic rings. The van der Waals surface area contributed by atoms with Crippen molar-refractivity contribution in [1.29, 1.82) is 0 Å². The quantitative estimate of drug-likeness (QED) is 0.747. The van der Waals surface area contributed by atoms with Crippen LogP contribution in [-0.2, 0) is 20.7 Å². The number of amides is 1. The van der Waals surface area contributed by atoms with Gasteiger partial charge < -0.3 is 15.4 Å². The fraction of sp³-hybridized carbons (Fsp3) is 0.391. The third kappa shape index (κ3) is 4.35. The Morgan fingerprint density at radius 2 is 1.82 bits per heavy atom. The lowest BCUT2D eigenvalue weighted by atomic mass is 9.97. The van der Waals surface area contributed by atoms with Crippen LogP contribution in [0, 0.1) is 6.92 Å². The summed E-state index contributed by atoms with van der Waals surface area (Å²) in [6.07, 6.45) is 0.738. The molecule has 0 radical (unpaired) electrons. The van der Waals surface area contributed by atoms with Crippen LogP contribution in [0.3, 0.4) is 0 Å². The van der Waals surface area contributed by atoms with Crippen LogP contribution in [0.25, 0.3) is 0 Å². The molecular weight excluding hydrogens is 352 g/mol. The van der Waals surface area contributed by atoms with Gasteiger partial charge in [-0.1, -0.05) is 56.3 Å². The summed E-state index contributed by atoms with van der Waals surface area (Å²) >= 11 is 0. The monoisotopic (exact) mass is 380 g/mol. The van der Waals surface area contributed by atoms with Crippen LogP contribution in [0.5, 0.6) is 0 Å². The van der Waals surface area contributed by atoms with Gasteiger partial charge in [-0.25, -0.2) is 0 Å². The van der Waals surface area contributed by atoms with Gasteiger partial charge >= 0.3 is 5.97 Å². The number of fused-ring (bicyclic) bond motifs is 1. The van der Waals surface area contributed by atoms with E-state index in [9.17, 15) is 9.59 Å². The molecule has 0 saturated heterocycles. The van der Waals surface area contributed by atoms with Crippen LogP contribution >= 0.6 is 0 Å². The summed E-state index contributed by atoms with van der Waals surface area (Å²) in [7, 11) is 1.36. The molecule has 5 heteroatoms. The van der Waals surface area contributed by atoms with Gasteiger partial charge in [0, 0.05) is 12.1 Å². The van der Waals surface area contributed by atoms with Gasteiger partial charge in [-0.2, -0.15) is 0 Å². The molecule has 0 aliphatic carbocycles. The molecule has 3 rings (SSSR count). The Bertz CT molecular complexity index is 859. The van der Waals surface area contributed by atoms with Crippen molar-refractivity contribution in [1.82, 2.24) is 5.32 Å². The lowest BCUT2D eigenvalue weighted by Crippen LogP contribution is -2.41. The highest BCUT2D eigenvalue weighted by atomic mass is 16.5. The van der Waals surface area contributed by atoms with E-state index in [1.807, 2.05) is 49.4 Å². The second-order valence-electron chi connectivity index (χ2n) is 7.67. The molecule has 2 aromatic carbocycles. The van der Waals surface area contributed by atoms with Crippen LogP contribution < -0.4 is 10.6 Å². The third-order valence-electron chi connectivity index (χ3n) is 5.34. The zero-order chi connectivity index (χ0) is 20.3. The molecule has 5 nitrogen and oxygen atoms in total. The molecule has 0 saturated carbocycles. The predicted octanol–water partition coefficient (Wildman–Crippen LogP) is 3.88. The molecule has 2 aromatic rings. The fourth-order valence-corrected chi connectivity index (χ4v) is 3.60. The van der Waals surface area contributed by atoms with Gasteiger partial charge in [-0.3, -0.25) is 9.59 Å². The van der Waals surface area contributed by atoms with Gasteiger partial charge in [0.1, 0.15) is 6.04 Å². The smallest absolute Gasteiger partial charge is 0.307 e. The van der Waals surface area contributed by atoms with Gasteiger partial charge in [-0.15, -0.1) is 0 Å². The van der Waals surface area contributed by atoms with Gasteiger partial charge in [0.05, 0.1) is 19.6 Å². The molecule has 0 aromatic heterocycles. The number of ether oxygens (including phenoxy) is 1. The molecule has 2 atom stereocenters. The zero-order valence-corrected chi connectivity index (χ0v) is 16.9. The van der Waals surface area contributed by atoms with E-state index >= 15 is 0 Å². The van der Waals surface area contributed by atoms with Gasteiger partial charge in [0.2, 0.25) is 5.91 Å². The van der Waals surface area contributed by atoms with Crippen molar-refractivity contribution in [3.8, 4) is 0 Å². The summed E-state index contributed by atoms with van der Waals surface area (Å²) in [5.74, 6) is -0.0404. The van der Waals surface area contributed by atoms with Gasteiger partial charge in [0.25, 0.3) is 0 Å². The Morgan fingerprint density at radius 1 is 1.14 bits per heavy atom. The number of hydrogen-bond acceptors (Lipinski definition) is 4. The van der Waals surface area contributed by atoms with Crippen molar-refractivity contribution in [2.75, 3.05) is 12.4 Å². The van der Waals surface area contributed by atoms with Crippen molar-refractivity contribution >= 4 is 17.6 Å². The number of aryl methyl sites for hydroxylation is 1. The van der Waals surface area contributed by atoms with E-state index in [2.05, 4.69) is 24.5 Å². The first-order chi connectivity index (χ1) is 13.4. The molecule has 1 amide bonds. The van der Waals surface area contributed by atoms with Crippen LogP contribution in [0.2, 0.25) is 0 Å². The highest BCUT2D eigenvalue weighted by Gasteiger charge is 2.30. The summed E-state index contributed by atoms with van der Waals surface area (Å²) < 4.78 is 4.83. The highest BCUT2D eigenvalue weighted by Crippen LogP contribution is 2.29. The predicted molar refractivity (Wildman–Crippen MR) is 110 cm³/mol. The standard InChI is InChI=1S/C23H28N2O3/c1-14(2)16-8-10-17(11-9-16)19(13-21(26)28-4)25-23(27)20-12-18-7-5-6-15(3)22(18)24-20/h5-11,14,19-20,24H,12-13H2,1-4H3,(H,25,27). The third-order valence-corrected chi connectivity index (χ3v) is 5.34. The highest BCUT2D eigenvalue weighted by molar-refractivity contribution is 5.88. The average Bonchev–Trinajstić information content (AvgIpc) is 3.13. The second-order valence-corrected chi connectivity index (χ2v) is 7.67. The first-order valence-electron chi connectivity index (χ1n) is 9.71. The Hall–Kier alpha value is -2.82. The van der Waals surface area contributed by atoms with E-state index in [0.717, 1.165) is 22.4 Å². The van der Waals surface area contributed by atoms with Gasteiger partial charge in [0.15, 0.2) is 0 Å². The molecule has 1 aliphatic heterocycles. The number of hydrogen-bond donors (Lipinski definition) is 2. The van der Waals surface area contributed by atoms with E-state index < -0.39 is 6.04 Å². The summed E-state index contributed by atoms with van der Waals surface area (Å²) in [5.41, 5.74) is 5.42. The minimum atomic E-state index is -0.423. The van der Waals surface area contributed by atoms with Crippen molar-refractivity contribution in [2.24, 2.45) is 0 Å². The normalized spacial score (nSPS) is 16.2. The number of carbonyl (C=O) groups excluding carboxylic acids is 2. The summed E-state index contributed by atoms with van der Waals surface area (Å²) in [5, 5.41) is 6.36. The Labute approximate surface area is 166 Å². The van der Waals surface area contributed by atoms with Crippen LogP contribution in [0.1, 0.15) is 54.5 Å². The molecule has 0 spiro atoms. The minimum absolute atomic E-state index is 0.0992. The van der Waals surface area contributed by atoms with Gasteiger partial charge in [-0.05, 0) is 35.1 Å². The SMILES string of the molecule is COC(=O)CC(NC(=O)C1Cc2cccc(C)c2N1)c1ccc(C(C)C)cc1. The zero-order valence-electron chi connectivity index (χ0n) is 16.9. The maximum absolute atomic E-state index is 12.9. The molecule has 0 fully saturated rings. The lowest BCUT2D eigenvalue weighted by molar-refractivity contribution is -0.141. The van der Waals surface area contributed by atoms with Crippen molar-refractivity contribution in [3.63, 3.8) is 0 Å². The summed E-state index contributed by atoms with van der Waals surface area (Å²) in [6.45, 7) is 6.30. The summed E-state index contributed by atoms with van der Waals surface area (Å²) in [4.78, 5) is 24.8. The number of benzene rings is 2. The lowest BCUT2D eigenvalue weighted by Gasteiger charge is -2.21. The molecule has 28 heavy (non-hydrogen) atoms. The van der Waals surface area contributed by atoms with E-state index in [1.165, 1.54) is 12.7 Å². The Balaban J connectivity index is 1.75. The second kappa shape index (κ2) is 8.46. The molecule has 148 valence electrons. The Morgan fingerprint density at radius 3 is 2.43 bits per heavy atom. The molecule has 0 bridgehead atoms. The number of methoxy groups -OCH3 is 1.